The lowest BCUT2D eigenvalue weighted by molar-refractivity contribution is -0.137. The van der Waals surface area contributed by atoms with Crippen LogP contribution < -0.4 is 4.74 Å². The van der Waals surface area contributed by atoms with Gasteiger partial charge in [-0.05, 0) is 43.4 Å². The smallest absolute Gasteiger partial charge is 0.146 e. The van der Waals surface area contributed by atoms with Crippen molar-refractivity contribution in [2.24, 2.45) is 5.41 Å². The first-order valence-corrected chi connectivity index (χ1v) is 7.69. The minimum Gasteiger partial charge on any atom is -0.497 e. The van der Waals surface area contributed by atoms with Gasteiger partial charge in [-0.15, -0.1) is 0 Å². The summed E-state index contributed by atoms with van der Waals surface area (Å²) in [7, 11) is 1.61. The van der Waals surface area contributed by atoms with Crippen molar-refractivity contribution in [2.45, 2.75) is 43.9 Å². The number of ketones is 2. The van der Waals surface area contributed by atoms with Crippen LogP contribution in [-0.4, -0.2) is 18.7 Å². The molecule has 0 heterocycles. The van der Waals surface area contributed by atoms with Crippen molar-refractivity contribution in [3.8, 4) is 11.8 Å². The summed E-state index contributed by atoms with van der Waals surface area (Å²) in [6, 6.07) is 9.98. The van der Waals surface area contributed by atoms with Crippen LogP contribution in [0.4, 0.5) is 0 Å². The zero-order chi connectivity index (χ0) is 15.8. The molecule has 0 saturated heterocycles. The number of nitrogens with zero attached hydrogens (tertiary/aromatic N) is 1. The first kappa shape index (κ1) is 14.8. The Labute approximate surface area is 130 Å². The first-order chi connectivity index (χ1) is 10.6. The molecule has 2 saturated carbocycles. The van der Waals surface area contributed by atoms with Gasteiger partial charge in [-0.2, -0.15) is 5.26 Å². The number of methoxy groups -OCH3 is 1. The van der Waals surface area contributed by atoms with Crippen LogP contribution in [0.1, 0.15) is 44.1 Å². The SMILES string of the molecule is COc1ccc(C2(C#N)CCC3(CC2)C(=O)CCC3=O)cc1. The van der Waals surface area contributed by atoms with Crippen LogP contribution in [0.3, 0.4) is 0 Å². The number of Topliss-reactive ketones (excluding diaryl/α,β-unsaturated/α-hetero) is 2. The lowest BCUT2D eigenvalue weighted by Gasteiger charge is -2.39. The Morgan fingerprint density at radius 3 is 2.00 bits per heavy atom. The van der Waals surface area contributed by atoms with Crippen LogP contribution in [0.5, 0.6) is 5.75 Å². The molecule has 1 spiro atoms. The Balaban J connectivity index is 1.86. The van der Waals surface area contributed by atoms with Gasteiger partial charge < -0.3 is 4.74 Å². The third kappa shape index (κ3) is 2.04. The molecule has 114 valence electrons. The van der Waals surface area contributed by atoms with E-state index < -0.39 is 10.8 Å². The maximum atomic E-state index is 12.2. The maximum Gasteiger partial charge on any atom is 0.146 e. The predicted molar refractivity (Wildman–Crippen MR) is 80.4 cm³/mol. The fraction of sp³-hybridized carbons (Fsp3) is 0.500. The quantitative estimate of drug-likeness (QED) is 0.787. The second-order valence-corrected chi connectivity index (χ2v) is 6.35. The molecule has 1 aromatic carbocycles. The van der Waals surface area contributed by atoms with E-state index in [1.165, 1.54) is 0 Å². The molecular weight excluding hydrogens is 278 g/mol. The number of carbonyl (C=O) groups excluding carboxylic acids is 2. The van der Waals surface area contributed by atoms with E-state index in [-0.39, 0.29) is 11.6 Å². The minimum absolute atomic E-state index is 0.0822. The highest BCUT2D eigenvalue weighted by Crippen LogP contribution is 2.51. The van der Waals surface area contributed by atoms with Crippen molar-refractivity contribution in [1.29, 1.82) is 5.26 Å². The van der Waals surface area contributed by atoms with Gasteiger partial charge in [0.2, 0.25) is 0 Å². The zero-order valence-electron chi connectivity index (χ0n) is 12.7. The van der Waals surface area contributed by atoms with Crippen molar-refractivity contribution in [2.75, 3.05) is 7.11 Å². The molecule has 0 radical (unpaired) electrons. The molecule has 0 bridgehead atoms. The summed E-state index contributed by atoms with van der Waals surface area (Å²) in [5, 5.41) is 9.73. The second-order valence-electron chi connectivity index (χ2n) is 6.35. The summed E-state index contributed by atoms with van der Waals surface area (Å²) in [5.74, 6) is 0.919. The van der Waals surface area contributed by atoms with Crippen molar-refractivity contribution in [1.82, 2.24) is 0 Å². The summed E-state index contributed by atoms with van der Waals surface area (Å²) >= 11 is 0. The van der Waals surface area contributed by atoms with Gasteiger partial charge in [-0.1, -0.05) is 12.1 Å². The van der Waals surface area contributed by atoms with Gasteiger partial charge in [0.25, 0.3) is 0 Å². The van der Waals surface area contributed by atoms with Crippen molar-refractivity contribution in [3.05, 3.63) is 29.8 Å². The first-order valence-electron chi connectivity index (χ1n) is 7.69. The van der Waals surface area contributed by atoms with Crippen LogP contribution in [0.25, 0.3) is 0 Å². The normalized spacial score (nSPS) is 22.5. The molecule has 2 fully saturated rings. The lowest BCUT2D eigenvalue weighted by Crippen LogP contribution is -2.42. The minimum atomic E-state index is -0.785. The predicted octanol–water partition coefficient (Wildman–Crippen LogP) is 2.95. The van der Waals surface area contributed by atoms with E-state index in [1.54, 1.807) is 7.11 Å². The molecule has 3 rings (SSSR count). The van der Waals surface area contributed by atoms with E-state index >= 15 is 0 Å². The zero-order valence-corrected chi connectivity index (χ0v) is 12.7. The summed E-state index contributed by atoms with van der Waals surface area (Å²) in [6.07, 6.45) is 2.89. The Bertz CT molecular complexity index is 628. The molecule has 0 N–H and O–H groups in total. The Morgan fingerprint density at radius 1 is 1.00 bits per heavy atom. The Hall–Kier alpha value is -2.15. The molecule has 0 atom stereocenters. The molecule has 4 heteroatoms. The van der Waals surface area contributed by atoms with Gasteiger partial charge in [0.15, 0.2) is 0 Å². The standard InChI is InChI=1S/C18H19NO3/c1-22-14-4-2-13(3-5-14)17(12-19)8-10-18(11-9-17)15(20)6-7-16(18)21/h2-5H,6-11H2,1H3. The third-order valence-electron chi connectivity index (χ3n) is 5.46. The summed E-state index contributed by atoms with van der Waals surface area (Å²) in [4.78, 5) is 24.3. The number of benzene rings is 1. The van der Waals surface area contributed by atoms with Crippen LogP contribution in [0.15, 0.2) is 24.3 Å². The van der Waals surface area contributed by atoms with Crippen molar-refractivity contribution in [3.63, 3.8) is 0 Å². The fourth-order valence-electron chi connectivity index (χ4n) is 3.90. The van der Waals surface area contributed by atoms with Gasteiger partial charge in [0.05, 0.1) is 24.0 Å². The van der Waals surface area contributed by atoms with Gasteiger partial charge in [0, 0.05) is 12.8 Å². The molecule has 1 aromatic rings. The topological polar surface area (TPSA) is 67.2 Å². The van der Waals surface area contributed by atoms with E-state index in [0.717, 1.165) is 11.3 Å². The van der Waals surface area contributed by atoms with Crippen LogP contribution >= 0.6 is 0 Å². The molecule has 0 aliphatic heterocycles. The average Bonchev–Trinajstić information content (AvgIpc) is 2.85. The van der Waals surface area contributed by atoms with E-state index in [0.29, 0.717) is 38.5 Å². The van der Waals surface area contributed by atoms with Crippen molar-refractivity contribution >= 4 is 11.6 Å². The number of nitriles is 1. The summed E-state index contributed by atoms with van der Waals surface area (Å²) < 4.78 is 5.16. The number of rotatable bonds is 2. The largest absolute Gasteiger partial charge is 0.497 e. The molecule has 0 aromatic heterocycles. The molecular formula is C18H19NO3. The van der Waals surface area contributed by atoms with Crippen LogP contribution in [0.2, 0.25) is 0 Å². The average molecular weight is 297 g/mol. The number of ether oxygens (including phenoxy) is 1. The fourth-order valence-corrected chi connectivity index (χ4v) is 3.90. The van der Waals surface area contributed by atoms with E-state index in [1.807, 2.05) is 24.3 Å². The third-order valence-corrected chi connectivity index (χ3v) is 5.46. The highest BCUT2D eigenvalue weighted by atomic mass is 16.5. The number of carbonyl (C=O) groups is 2. The van der Waals surface area contributed by atoms with Gasteiger partial charge in [-0.3, -0.25) is 9.59 Å². The van der Waals surface area contributed by atoms with Gasteiger partial charge in [-0.25, -0.2) is 0 Å². The summed E-state index contributed by atoms with van der Waals surface area (Å²) in [5.41, 5.74) is -0.434. The lowest BCUT2D eigenvalue weighted by atomic mass is 9.60. The molecule has 4 nitrogen and oxygen atoms in total. The van der Waals surface area contributed by atoms with Crippen LogP contribution in [0, 0.1) is 16.7 Å². The molecule has 2 aliphatic rings. The van der Waals surface area contributed by atoms with E-state index in [4.69, 9.17) is 4.74 Å². The second kappa shape index (κ2) is 5.24. The molecule has 2 aliphatic carbocycles. The Morgan fingerprint density at radius 2 is 1.55 bits per heavy atom. The van der Waals surface area contributed by atoms with E-state index in [9.17, 15) is 14.9 Å². The number of hydrogen-bond donors (Lipinski definition) is 0. The van der Waals surface area contributed by atoms with Crippen LogP contribution in [-0.2, 0) is 15.0 Å². The van der Waals surface area contributed by atoms with Gasteiger partial charge in [0.1, 0.15) is 17.3 Å². The monoisotopic (exact) mass is 297 g/mol. The highest BCUT2D eigenvalue weighted by molar-refractivity contribution is 6.12. The maximum absolute atomic E-state index is 12.2. The highest BCUT2D eigenvalue weighted by Gasteiger charge is 2.54. The van der Waals surface area contributed by atoms with Gasteiger partial charge >= 0.3 is 0 Å². The molecule has 0 amide bonds. The van der Waals surface area contributed by atoms with E-state index in [2.05, 4.69) is 6.07 Å². The molecule has 22 heavy (non-hydrogen) atoms. The summed E-state index contributed by atoms with van der Waals surface area (Å²) in [6.45, 7) is 0. The van der Waals surface area contributed by atoms with Crippen molar-refractivity contribution < 1.29 is 14.3 Å². The Kier molecular flexibility index (Phi) is 3.52. The molecule has 0 unspecified atom stereocenters. The number of hydrogen-bond acceptors (Lipinski definition) is 4.